The maximum atomic E-state index is 12.9. The molecule has 0 saturated heterocycles. The predicted octanol–water partition coefficient (Wildman–Crippen LogP) is 2.52. The van der Waals surface area contributed by atoms with Gasteiger partial charge in [0, 0.05) is 36.2 Å². The molecule has 1 atom stereocenters. The third kappa shape index (κ3) is 4.53. The van der Waals surface area contributed by atoms with Gasteiger partial charge in [-0.05, 0) is 40.5 Å². The molecule has 0 amide bonds. The van der Waals surface area contributed by atoms with Crippen molar-refractivity contribution in [3.05, 3.63) is 34.1 Å². The van der Waals surface area contributed by atoms with Crippen LogP contribution in [-0.4, -0.2) is 25.5 Å². The second kappa shape index (κ2) is 6.83. The molecule has 0 fully saturated rings. The number of Topliss-reactive ketones (excluding diaryl/α,β-unsaturated/α-hetero) is 1. The summed E-state index contributed by atoms with van der Waals surface area (Å²) in [5.41, 5.74) is 6.25. The second-order valence-corrected chi connectivity index (χ2v) is 4.65. The lowest BCUT2D eigenvalue weighted by molar-refractivity contribution is 0.0966. The highest BCUT2D eigenvalue weighted by Crippen LogP contribution is 2.20. The van der Waals surface area contributed by atoms with Crippen LogP contribution in [0.5, 0.6) is 0 Å². The van der Waals surface area contributed by atoms with Gasteiger partial charge < -0.3 is 10.5 Å². The zero-order valence-electron chi connectivity index (χ0n) is 9.58. The van der Waals surface area contributed by atoms with Gasteiger partial charge in [0.15, 0.2) is 5.78 Å². The molecular weight excluding hydrogens is 289 g/mol. The van der Waals surface area contributed by atoms with Gasteiger partial charge in [0.1, 0.15) is 5.82 Å². The van der Waals surface area contributed by atoms with E-state index < -0.39 is 0 Å². The molecular formula is C12H15BrFNO2. The molecule has 0 bridgehead atoms. The Labute approximate surface area is 108 Å². The Morgan fingerprint density at radius 3 is 2.88 bits per heavy atom. The van der Waals surface area contributed by atoms with E-state index in [2.05, 4.69) is 15.9 Å². The van der Waals surface area contributed by atoms with Crippen LogP contribution >= 0.6 is 15.9 Å². The standard InChI is InChI=1S/C12H15BrFNO2/c1-17-5-4-9(15)7-12(16)10-3-2-8(14)6-11(10)13/h2-3,6,9H,4-5,7,15H2,1H3. The maximum Gasteiger partial charge on any atom is 0.165 e. The van der Waals surface area contributed by atoms with Crippen molar-refractivity contribution < 1.29 is 13.9 Å². The summed E-state index contributed by atoms with van der Waals surface area (Å²) in [6.07, 6.45) is 0.856. The normalized spacial score (nSPS) is 12.5. The SMILES string of the molecule is COCCC(N)CC(=O)c1ccc(F)cc1Br. The molecule has 0 aliphatic rings. The molecule has 1 aromatic rings. The largest absolute Gasteiger partial charge is 0.385 e. The number of rotatable bonds is 6. The van der Waals surface area contributed by atoms with Crippen molar-refractivity contribution in [2.24, 2.45) is 5.73 Å². The zero-order chi connectivity index (χ0) is 12.8. The number of halogens is 2. The topological polar surface area (TPSA) is 52.3 Å². The van der Waals surface area contributed by atoms with E-state index in [9.17, 15) is 9.18 Å². The first kappa shape index (κ1) is 14.3. The molecule has 0 spiro atoms. The molecule has 0 radical (unpaired) electrons. The third-order valence-corrected chi connectivity index (χ3v) is 3.03. The average Bonchev–Trinajstić information content (AvgIpc) is 2.26. The molecule has 1 rings (SSSR count). The number of carbonyl (C=O) groups is 1. The molecule has 2 N–H and O–H groups in total. The monoisotopic (exact) mass is 303 g/mol. The summed E-state index contributed by atoms with van der Waals surface area (Å²) in [5, 5.41) is 0. The van der Waals surface area contributed by atoms with Gasteiger partial charge >= 0.3 is 0 Å². The summed E-state index contributed by atoms with van der Waals surface area (Å²) in [7, 11) is 1.59. The van der Waals surface area contributed by atoms with Crippen LogP contribution in [0.2, 0.25) is 0 Å². The van der Waals surface area contributed by atoms with Crippen LogP contribution in [0.15, 0.2) is 22.7 Å². The first-order chi connectivity index (χ1) is 8.04. The lowest BCUT2D eigenvalue weighted by atomic mass is 10.0. The Hall–Kier alpha value is -0.780. The van der Waals surface area contributed by atoms with Crippen LogP contribution < -0.4 is 5.73 Å². The number of carbonyl (C=O) groups excluding carboxylic acids is 1. The number of nitrogens with two attached hydrogens (primary N) is 1. The Kier molecular flexibility index (Phi) is 5.74. The van der Waals surface area contributed by atoms with Gasteiger partial charge in [0.25, 0.3) is 0 Å². The van der Waals surface area contributed by atoms with Crippen molar-refractivity contribution in [3.63, 3.8) is 0 Å². The number of ether oxygens (including phenoxy) is 1. The minimum atomic E-state index is -0.378. The van der Waals surface area contributed by atoms with Gasteiger partial charge in [-0.2, -0.15) is 0 Å². The fourth-order valence-corrected chi connectivity index (χ4v) is 2.01. The smallest absolute Gasteiger partial charge is 0.165 e. The summed E-state index contributed by atoms with van der Waals surface area (Å²) in [6.45, 7) is 0.527. The van der Waals surface area contributed by atoms with E-state index in [4.69, 9.17) is 10.5 Å². The third-order valence-electron chi connectivity index (χ3n) is 2.37. The molecule has 1 aromatic carbocycles. The minimum Gasteiger partial charge on any atom is -0.385 e. The molecule has 0 aromatic heterocycles. The predicted molar refractivity (Wildman–Crippen MR) is 67.5 cm³/mol. The lowest BCUT2D eigenvalue weighted by Gasteiger charge is -2.10. The fraction of sp³-hybridized carbons (Fsp3) is 0.417. The summed E-state index contributed by atoms with van der Waals surface area (Å²) in [5.74, 6) is -0.474. The molecule has 5 heteroatoms. The van der Waals surface area contributed by atoms with Crippen molar-refractivity contribution in [2.45, 2.75) is 18.9 Å². The Morgan fingerprint density at radius 1 is 1.59 bits per heavy atom. The second-order valence-electron chi connectivity index (χ2n) is 3.79. The van der Waals surface area contributed by atoms with Gasteiger partial charge in [0.2, 0.25) is 0 Å². The van der Waals surface area contributed by atoms with Crippen LogP contribution in [0.3, 0.4) is 0 Å². The highest BCUT2D eigenvalue weighted by molar-refractivity contribution is 9.10. The van der Waals surface area contributed by atoms with E-state index in [0.717, 1.165) is 0 Å². The van der Waals surface area contributed by atoms with Crippen LogP contribution in [0, 0.1) is 5.82 Å². The number of benzene rings is 1. The molecule has 17 heavy (non-hydrogen) atoms. The Balaban J connectivity index is 2.63. The first-order valence-electron chi connectivity index (χ1n) is 5.27. The average molecular weight is 304 g/mol. The Bertz CT molecular complexity index is 398. The van der Waals surface area contributed by atoms with E-state index in [-0.39, 0.29) is 24.1 Å². The molecule has 1 unspecified atom stereocenters. The van der Waals surface area contributed by atoms with Crippen LogP contribution in [-0.2, 0) is 4.74 Å². The molecule has 0 saturated carbocycles. The Morgan fingerprint density at radius 2 is 2.29 bits per heavy atom. The van der Waals surface area contributed by atoms with E-state index in [0.29, 0.717) is 23.1 Å². The molecule has 0 aliphatic carbocycles. The summed E-state index contributed by atoms with van der Waals surface area (Å²) in [6, 6.07) is 3.76. The summed E-state index contributed by atoms with van der Waals surface area (Å²) in [4.78, 5) is 11.9. The highest BCUT2D eigenvalue weighted by atomic mass is 79.9. The molecule has 3 nitrogen and oxygen atoms in total. The van der Waals surface area contributed by atoms with Crippen LogP contribution in [0.25, 0.3) is 0 Å². The number of hydrogen-bond acceptors (Lipinski definition) is 3. The van der Waals surface area contributed by atoms with E-state index >= 15 is 0 Å². The van der Waals surface area contributed by atoms with Crippen molar-refractivity contribution in [3.8, 4) is 0 Å². The van der Waals surface area contributed by atoms with E-state index in [1.165, 1.54) is 18.2 Å². The zero-order valence-corrected chi connectivity index (χ0v) is 11.2. The van der Waals surface area contributed by atoms with Crippen molar-refractivity contribution in [2.75, 3.05) is 13.7 Å². The van der Waals surface area contributed by atoms with Crippen LogP contribution in [0.4, 0.5) is 4.39 Å². The summed E-state index contributed by atoms with van der Waals surface area (Å²) < 4.78 is 18.2. The highest BCUT2D eigenvalue weighted by Gasteiger charge is 2.14. The molecule has 94 valence electrons. The van der Waals surface area contributed by atoms with Gasteiger partial charge in [-0.25, -0.2) is 4.39 Å². The number of ketones is 1. The fourth-order valence-electron chi connectivity index (χ4n) is 1.43. The summed E-state index contributed by atoms with van der Waals surface area (Å²) >= 11 is 3.16. The maximum absolute atomic E-state index is 12.9. The number of hydrogen-bond donors (Lipinski definition) is 1. The number of methoxy groups -OCH3 is 1. The van der Waals surface area contributed by atoms with E-state index in [1.54, 1.807) is 7.11 Å². The van der Waals surface area contributed by atoms with E-state index in [1.807, 2.05) is 0 Å². The van der Waals surface area contributed by atoms with Crippen molar-refractivity contribution in [1.29, 1.82) is 0 Å². The quantitative estimate of drug-likeness (QED) is 0.822. The van der Waals surface area contributed by atoms with Crippen molar-refractivity contribution in [1.82, 2.24) is 0 Å². The van der Waals surface area contributed by atoms with Crippen molar-refractivity contribution >= 4 is 21.7 Å². The minimum absolute atomic E-state index is 0.0968. The molecule has 0 aliphatic heterocycles. The van der Waals surface area contributed by atoms with Crippen LogP contribution in [0.1, 0.15) is 23.2 Å². The first-order valence-corrected chi connectivity index (χ1v) is 6.06. The van der Waals surface area contributed by atoms with Gasteiger partial charge in [-0.3, -0.25) is 4.79 Å². The molecule has 0 heterocycles. The lowest BCUT2D eigenvalue weighted by Crippen LogP contribution is -2.25. The van der Waals surface area contributed by atoms with Gasteiger partial charge in [-0.15, -0.1) is 0 Å². The van der Waals surface area contributed by atoms with Gasteiger partial charge in [0.05, 0.1) is 0 Å². The van der Waals surface area contributed by atoms with Gasteiger partial charge in [-0.1, -0.05) is 0 Å².